The lowest BCUT2D eigenvalue weighted by Gasteiger charge is -2.07. The first-order valence-electron chi connectivity index (χ1n) is 6.91. The number of rotatable bonds is 7. The van der Waals surface area contributed by atoms with E-state index >= 15 is 0 Å². The minimum absolute atomic E-state index is 0.0315. The van der Waals surface area contributed by atoms with Gasteiger partial charge >= 0.3 is 0 Å². The van der Waals surface area contributed by atoms with Crippen LogP contribution in [0.3, 0.4) is 0 Å². The molecular weight excluding hydrogens is 238 g/mol. The number of unbranched alkanes of at least 4 members (excludes halogenated alkanes) is 1. The zero-order valence-electron chi connectivity index (χ0n) is 11.4. The van der Waals surface area contributed by atoms with Crippen LogP contribution >= 0.6 is 0 Å². The summed E-state index contributed by atoms with van der Waals surface area (Å²) in [5.74, 6) is 0. The highest BCUT2D eigenvalue weighted by Gasteiger charge is 2.11. The summed E-state index contributed by atoms with van der Waals surface area (Å²) >= 11 is 0. The van der Waals surface area contributed by atoms with Crippen molar-refractivity contribution >= 4 is 0 Å². The van der Waals surface area contributed by atoms with Crippen LogP contribution in [0.4, 0.5) is 0 Å². The summed E-state index contributed by atoms with van der Waals surface area (Å²) in [5, 5.41) is 17.5. The molecule has 0 saturated carbocycles. The van der Waals surface area contributed by atoms with Gasteiger partial charge in [0, 0.05) is 6.54 Å². The smallest absolute Gasteiger partial charge is 0.111 e. The maximum Gasteiger partial charge on any atom is 0.111 e. The fraction of sp³-hybridized carbons (Fsp3) is 0.467. The van der Waals surface area contributed by atoms with Crippen molar-refractivity contribution in [3.63, 3.8) is 0 Å². The molecule has 0 spiro atoms. The molecule has 0 aliphatic heterocycles. The minimum Gasteiger partial charge on any atom is -0.390 e. The van der Waals surface area contributed by atoms with E-state index in [4.69, 9.17) is 0 Å². The molecule has 1 N–H and O–H groups in total. The summed E-state index contributed by atoms with van der Waals surface area (Å²) in [6.45, 7) is 3.01. The Hall–Kier alpha value is -1.68. The highest BCUT2D eigenvalue weighted by atomic mass is 16.3. The molecule has 0 radical (unpaired) electrons. The first-order valence-corrected chi connectivity index (χ1v) is 6.91. The molecule has 4 nitrogen and oxygen atoms in total. The maximum atomic E-state index is 9.34. The number of benzene rings is 1. The van der Waals surface area contributed by atoms with Crippen molar-refractivity contribution in [2.45, 2.75) is 45.8 Å². The first kappa shape index (κ1) is 13.7. The molecule has 0 bridgehead atoms. The van der Waals surface area contributed by atoms with Gasteiger partial charge < -0.3 is 5.11 Å². The predicted molar refractivity (Wildman–Crippen MR) is 74.7 cm³/mol. The van der Waals surface area contributed by atoms with Crippen molar-refractivity contribution < 1.29 is 5.11 Å². The number of aliphatic hydroxyl groups excluding tert-OH is 1. The quantitative estimate of drug-likeness (QED) is 0.830. The van der Waals surface area contributed by atoms with Gasteiger partial charge in [-0.1, -0.05) is 48.9 Å². The molecule has 0 aliphatic carbocycles. The van der Waals surface area contributed by atoms with Gasteiger partial charge in [0.2, 0.25) is 0 Å². The number of aliphatic hydroxyl groups is 1. The predicted octanol–water partition coefficient (Wildman–Crippen LogP) is 2.36. The lowest BCUT2D eigenvalue weighted by Crippen LogP contribution is -2.08. The van der Waals surface area contributed by atoms with Gasteiger partial charge in [0.15, 0.2) is 0 Å². The number of aromatic nitrogens is 3. The van der Waals surface area contributed by atoms with Crippen LogP contribution in [0.15, 0.2) is 30.3 Å². The summed E-state index contributed by atoms with van der Waals surface area (Å²) < 4.78 is 1.94. The highest BCUT2D eigenvalue weighted by Crippen LogP contribution is 2.11. The zero-order chi connectivity index (χ0) is 13.5. The molecule has 19 heavy (non-hydrogen) atoms. The van der Waals surface area contributed by atoms with Gasteiger partial charge in [0.05, 0.1) is 12.3 Å². The van der Waals surface area contributed by atoms with Gasteiger partial charge in [-0.3, -0.25) is 0 Å². The van der Waals surface area contributed by atoms with E-state index in [0.29, 0.717) is 5.69 Å². The molecule has 0 saturated heterocycles. The molecule has 0 fully saturated rings. The van der Waals surface area contributed by atoms with Crippen molar-refractivity contribution in [3.05, 3.63) is 47.3 Å². The van der Waals surface area contributed by atoms with Crippen LogP contribution in [-0.2, 0) is 26.0 Å². The molecule has 0 aliphatic rings. The van der Waals surface area contributed by atoms with Crippen LogP contribution < -0.4 is 0 Å². The number of nitrogens with zero attached hydrogens (tertiary/aromatic N) is 3. The fourth-order valence-corrected chi connectivity index (χ4v) is 2.16. The third-order valence-corrected chi connectivity index (χ3v) is 3.28. The molecule has 0 unspecified atom stereocenters. The van der Waals surface area contributed by atoms with Crippen LogP contribution in [0.25, 0.3) is 0 Å². The van der Waals surface area contributed by atoms with E-state index in [1.54, 1.807) is 0 Å². The van der Waals surface area contributed by atoms with E-state index in [2.05, 4.69) is 41.5 Å². The molecule has 0 atom stereocenters. The second-order valence-electron chi connectivity index (χ2n) is 4.70. The Morgan fingerprint density at radius 1 is 1.16 bits per heavy atom. The Morgan fingerprint density at radius 2 is 1.95 bits per heavy atom. The maximum absolute atomic E-state index is 9.34. The molecule has 2 rings (SSSR count). The third kappa shape index (κ3) is 3.64. The van der Waals surface area contributed by atoms with E-state index in [1.807, 2.05) is 10.7 Å². The van der Waals surface area contributed by atoms with Crippen LogP contribution in [0.5, 0.6) is 0 Å². The summed E-state index contributed by atoms with van der Waals surface area (Å²) in [7, 11) is 0. The third-order valence-electron chi connectivity index (χ3n) is 3.28. The molecule has 102 valence electrons. The lowest BCUT2D eigenvalue weighted by molar-refractivity contribution is 0.275. The topological polar surface area (TPSA) is 50.9 Å². The number of aryl methyl sites for hydroxylation is 2. The SMILES string of the molecule is CCCCn1nnc(CO)c1CCc1ccccc1. The Morgan fingerprint density at radius 3 is 2.63 bits per heavy atom. The average molecular weight is 259 g/mol. The number of hydrogen-bond acceptors (Lipinski definition) is 3. The second-order valence-corrected chi connectivity index (χ2v) is 4.70. The Labute approximate surface area is 114 Å². The van der Waals surface area contributed by atoms with Gasteiger partial charge in [0.25, 0.3) is 0 Å². The van der Waals surface area contributed by atoms with Crippen LogP contribution in [0.2, 0.25) is 0 Å². The highest BCUT2D eigenvalue weighted by molar-refractivity contribution is 5.18. The molecule has 1 heterocycles. The van der Waals surface area contributed by atoms with Crippen molar-refractivity contribution in [1.29, 1.82) is 0 Å². The number of hydrogen-bond donors (Lipinski definition) is 1. The standard InChI is InChI=1S/C15H21N3O/c1-2-3-11-18-15(14(12-19)16-17-18)10-9-13-7-5-4-6-8-13/h4-8,19H,2-3,9-12H2,1H3. The average Bonchev–Trinajstić information content (AvgIpc) is 2.86. The van der Waals surface area contributed by atoms with Gasteiger partial charge in [-0.2, -0.15) is 0 Å². The second kappa shape index (κ2) is 7.04. The van der Waals surface area contributed by atoms with Crippen LogP contribution in [0.1, 0.15) is 36.7 Å². The zero-order valence-corrected chi connectivity index (χ0v) is 11.4. The first-order chi connectivity index (χ1) is 9.35. The largest absolute Gasteiger partial charge is 0.390 e. The van der Waals surface area contributed by atoms with Crippen LogP contribution in [0, 0.1) is 0 Å². The summed E-state index contributed by atoms with van der Waals surface area (Å²) in [6, 6.07) is 10.4. The van der Waals surface area contributed by atoms with Gasteiger partial charge in [-0.05, 0) is 24.8 Å². The van der Waals surface area contributed by atoms with E-state index in [1.165, 1.54) is 5.56 Å². The van der Waals surface area contributed by atoms with Crippen molar-refractivity contribution in [2.75, 3.05) is 0 Å². The molecule has 2 aromatic rings. The molecule has 4 heteroatoms. The molecule has 1 aromatic heterocycles. The molecule has 0 amide bonds. The van der Waals surface area contributed by atoms with Crippen LogP contribution in [-0.4, -0.2) is 20.1 Å². The van der Waals surface area contributed by atoms with E-state index in [0.717, 1.165) is 37.9 Å². The Balaban J connectivity index is 2.07. The Kier molecular flexibility index (Phi) is 5.10. The molecular formula is C15H21N3O. The van der Waals surface area contributed by atoms with E-state index in [9.17, 15) is 5.11 Å². The summed E-state index contributed by atoms with van der Waals surface area (Å²) in [4.78, 5) is 0. The van der Waals surface area contributed by atoms with E-state index < -0.39 is 0 Å². The van der Waals surface area contributed by atoms with Gasteiger partial charge in [-0.25, -0.2) is 4.68 Å². The Bertz CT molecular complexity index is 493. The van der Waals surface area contributed by atoms with Gasteiger partial charge in [-0.15, -0.1) is 5.10 Å². The minimum atomic E-state index is -0.0315. The van der Waals surface area contributed by atoms with Crippen molar-refractivity contribution in [2.24, 2.45) is 0 Å². The lowest BCUT2D eigenvalue weighted by atomic mass is 10.1. The fourth-order valence-electron chi connectivity index (χ4n) is 2.16. The monoisotopic (exact) mass is 259 g/mol. The van der Waals surface area contributed by atoms with Crippen molar-refractivity contribution in [3.8, 4) is 0 Å². The molecule has 1 aromatic carbocycles. The normalized spacial score (nSPS) is 10.8. The van der Waals surface area contributed by atoms with Gasteiger partial charge in [0.1, 0.15) is 5.69 Å². The summed E-state index contributed by atoms with van der Waals surface area (Å²) in [5.41, 5.74) is 3.08. The van der Waals surface area contributed by atoms with E-state index in [-0.39, 0.29) is 6.61 Å². The van der Waals surface area contributed by atoms with Crippen molar-refractivity contribution in [1.82, 2.24) is 15.0 Å². The summed E-state index contributed by atoms with van der Waals surface area (Å²) in [6.07, 6.45) is 4.04.